The standard InChI is InChI=1S/C19H19N3O2S/c23-18(16-13-25-19(21-16)17-4-3-11-24-17)20-12-14-5-7-15(8-6-14)22-9-1-2-10-22/h3-8,11,13H,1-2,9-10,12H2,(H,20,23). The first kappa shape index (κ1) is 15.9. The van der Waals surface area contributed by atoms with Gasteiger partial charge in [0.25, 0.3) is 5.91 Å². The first-order valence-electron chi connectivity index (χ1n) is 8.41. The van der Waals surface area contributed by atoms with Gasteiger partial charge < -0.3 is 14.6 Å². The van der Waals surface area contributed by atoms with Gasteiger partial charge in [-0.2, -0.15) is 0 Å². The van der Waals surface area contributed by atoms with Crippen molar-refractivity contribution in [2.45, 2.75) is 19.4 Å². The van der Waals surface area contributed by atoms with Crippen LogP contribution in [0.1, 0.15) is 28.9 Å². The monoisotopic (exact) mass is 353 g/mol. The minimum Gasteiger partial charge on any atom is -0.462 e. The Labute approximate surface area is 150 Å². The van der Waals surface area contributed by atoms with Crippen LogP contribution >= 0.6 is 11.3 Å². The van der Waals surface area contributed by atoms with Crippen LogP contribution in [0.15, 0.2) is 52.5 Å². The molecule has 1 aliphatic rings. The lowest BCUT2D eigenvalue weighted by atomic mass is 10.2. The summed E-state index contributed by atoms with van der Waals surface area (Å²) in [5.74, 6) is 0.513. The number of aromatic nitrogens is 1. The molecule has 0 spiro atoms. The number of furan rings is 1. The number of benzene rings is 1. The average Bonchev–Trinajstić information content (AvgIpc) is 3.42. The third-order valence-corrected chi connectivity index (χ3v) is 5.19. The first-order chi connectivity index (χ1) is 12.3. The number of nitrogens with one attached hydrogen (secondary N) is 1. The van der Waals surface area contributed by atoms with Crippen molar-refractivity contribution in [3.63, 3.8) is 0 Å². The van der Waals surface area contributed by atoms with Gasteiger partial charge in [0.15, 0.2) is 10.8 Å². The van der Waals surface area contributed by atoms with Gasteiger partial charge in [-0.15, -0.1) is 11.3 Å². The Hall–Kier alpha value is -2.60. The molecule has 1 saturated heterocycles. The van der Waals surface area contributed by atoms with Gasteiger partial charge in [-0.05, 0) is 42.7 Å². The fourth-order valence-electron chi connectivity index (χ4n) is 2.96. The second kappa shape index (κ2) is 7.11. The van der Waals surface area contributed by atoms with E-state index in [9.17, 15) is 4.79 Å². The lowest BCUT2D eigenvalue weighted by Gasteiger charge is -2.17. The Morgan fingerprint density at radius 1 is 1.20 bits per heavy atom. The van der Waals surface area contributed by atoms with Crippen LogP contribution < -0.4 is 10.2 Å². The number of carbonyl (C=O) groups is 1. The van der Waals surface area contributed by atoms with Crippen molar-refractivity contribution in [2.24, 2.45) is 0 Å². The molecule has 0 unspecified atom stereocenters. The van der Waals surface area contributed by atoms with E-state index in [0.717, 1.165) is 18.7 Å². The molecular weight excluding hydrogens is 334 g/mol. The SMILES string of the molecule is O=C(NCc1ccc(N2CCCC2)cc1)c1csc(-c2ccco2)n1. The van der Waals surface area contributed by atoms with Crippen LogP contribution in [0.4, 0.5) is 5.69 Å². The number of rotatable bonds is 5. The van der Waals surface area contributed by atoms with Crippen LogP contribution in [0, 0.1) is 0 Å². The number of carbonyl (C=O) groups excluding carboxylic acids is 1. The van der Waals surface area contributed by atoms with Crippen LogP contribution in [0.3, 0.4) is 0 Å². The summed E-state index contributed by atoms with van der Waals surface area (Å²) in [6, 6.07) is 12.0. The molecule has 3 aromatic rings. The van der Waals surface area contributed by atoms with Crippen molar-refractivity contribution in [3.05, 3.63) is 59.3 Å². The lowest BCUT2D eigenvalue weighted by molar-refractivity contribution is 0.0946. The maximum atomic E-state index is 12.3. The van der Waals surface area contributed by atoms with E-state index in [2.05, 4.69) is 39.5 Å². The third kappa shape index (κ3) is 3.58. The third-order valence-electron chi connectivity index (χ3n) is 4.33. The first-order valence-corrected chi connectivity index (χ1v) is 9.29. The highest BCUT2D eigenvalue weighted by Gasteiger charge is 2.14. The van der Waals surface area contributed by atoms with Crippen LogP contribution in [0.25, 0.3) is 10.8 Å². The van der Waals surface area contributed by atoms with Crippen molar-refractivity contribution in [2.75, 3.05) is 18.0 Å². The van der Waals surface area contributed by atoms with E-state index >= 15 is 0 Å². The Kier molecular flexibility index (Phi) is 4.52. The van der Waals surface area contributed by atoms with Crippen LogP contribution in [0.2, 0.25) is 0 Å². The zero-order valence-electron chi connectivity index (χ0n) is 13.8. The Balaban J connectivity index is 1.35. The minimum absolute atomic E-state index is 0.169. The van der Waals surface area contributed by atoms with Gasteiger partial charge in [0.1, 0.15) is 5.69 Å². The Bertz CT molecular complexity index is 834. The predicted molar refractivity (Wildman–Crippen MR) is 98.9 cm³/mol. The fraction of sp³-hybridized carbons (Fsp3) is 0.263. The highest BCUT2D eigenvalue weighted by atomic mass is 32.1. The topological polar surface area (TPSA) is 58.4 Å². The zero-order valence-corrected chi connectivity index (χ0v) is 14.6. The molecule has 1 amide bonds. The van der Waals surface area contributed by atoms with Gasteiger partial charge >= 0.3 is 0 Å². The van der Waals surface area contributed by atoms with E-state index < -0.39 is 0 Å². The Morgan fingerprint density at radius 3 is 2.72 bits per heavy atom. The maximum absolute atomic E-state index is 12.3. The molecule has 3 heterocycles. The molecule has 128 valence electrons. The number of nitrogens with zero attached hydrogens (tertiary/aromatic N) is 2. The molecule has 0 aliphatic carbocycles. The number of hydrogen-bond acceptors (Lipinski definition) is 5. The normalized spacial score (nSPS) is 14.0. The fourth-order valence-corrected chi connectivity index (χ4v) is 3.73. The van der Waals surface area contributed by atoms with E-state index in [0.29, 0.717) is 23.0 Å². The van der Waals surface area contributed by atoms with Crippen molar-refractivity contribution < 1.29 is 9.21 Å². The molecule has 4 rings (SSSR count). The van der Waals surface area contributed by atoms with Gasteiger partial charge in [-0.1, -0.05) is 12.1 Å². The molecule has 2 aromatic heterocycles. The molecule has 0 bridgehead atoms. The summed E-state index contributed by atoms with van der Waals surface area (Å²) in [5, 5.41) is 5.39. The van der Waals surface area contributed by atoms with Crippen LogP contribution in [0.5, 0.6) is 0 Å². The average molecular weight is 353 g/mol. The van der Waals surface area contributed by atoms with Gasteiger partial charge in [0.2, 0.25) is 0 Å². The summed E-state index contributed by atoms with van der Waals surface area (Å²) < 4.78 is 5.31. The van der Waals surface area contributed by atoms with E-state index in [-0.39, 0.29) is 5.91 Å². The smallest absolute Gasteiger partial charge is 0.271 e. The Morgan fingerprint density at radius 2 is 2.00 bits per heavy atom. The highest BCUT2D eigenvalue weighted by Crippen LogP contribution is 2.24. The molecular formula is C19H19N3O2S. The molecule has 0 atom stereocenters. The summed E-state index contributed by atoms with van der Waals surface area (Å²) >= 11 is 1.40. The molecule has 5 nitrogen and oxygen atoms in total. The molecule has 1 N–H and O–H groups in total. The second-order valence-corrected chi connectivity index (χ2v) is 6.92. The van der Waals surface area contributed by atoms with Gasteiger partial charge in [0, 0.05) is 30.7 Å². The van der Waals surface area contributed by atoms with Crippen LogP contribution in [-0.4, -0.2) is 24.0 Å². The summed E-state index contributed by atoms with van der Waals surface area (Å²) in [5.41, 5.74) is 2.76. The molecule has 1 aromatic carbocycles. The molecule has 0 radical (unpaired) electrons. The maximum Gasteiger partial charge on any atom is 0.271 e. The molecule has 1 aliphatic heterocycles. The molecule has 6 heteroatoms. The van der Waals surface area contributed by atoms with Gasteiger partial charge in [-0.3, -0.25) is 4.79 Å². The van der Waals surface area contributed by atoms with Crippen molar-refractivity contribution in [1.29, 1.82) is 0 Å². The van der Waals surface area contributed by atoms with Crippen molar-refractivity contribution in [3.8, 4) is 10.8 Å². The molecule has 25 heavy (non-hydrogen) atoms. The van der Waals surface area contributed by atoms with Crippen molar-refractivity contribution in [1.82, 2.24) is 10.3 Å². The van der Waals surface area contributed by atoms with Crippen LogP contribution in [-0.2, 0) is 6.54 Å². The number of hydrogen-bond donors (Lipinski definition) is 1. The number of amides is 1. The number of thiazole rings is 1. The lowest BCUT2D eigenvalue weighted by Crippen LogP contribution is -2.23. The minimum atomic E-state index is -0.169. The summed E-state index contributed by atoms with van der Waals surface area (Å²) in [6.07, 6.45) is 4.14. The summed E-state index contributed by atoms with van der Waals surface area (Å²) in [7, 11) is 0. The van der Waals surface area contributed by atoms with E-state index in [4.69, 9.17) is 4.42 Å². The van der Waals surface area contributed by atoms with Crippen molar-refractivity contribution >= 4 is 22.9 Å². The predicted octanol–water partition coefficient (Wildman–Crippen LogP) is 3.93. The van der Waals surface area contributed by atoms with E-state index in [1.807, 2.05) is 12.1 Å². The highest BCUT2D eigenvalue weighted by molar-refractivity contribution is 7.13. The molecule has 0 saturated carbocycles. The summed E-state index contributed by atoms with van der Waals surface area (Å²) in [6.45, 7) is 2.77. The van der Waals surface area contributed by atoms with Gasteiger partial charge in [-0.25, -0.2) is 4.98 Å². The van der Waals surface area contributed by atoms with E-state index in [1.54, 1.807) is 11.6 Å². The van der Waals surface area contributed by atoms with E-state index in [1.165, 1.54) is 29.9 Å². The number of anilines is 1. The second-order valence-electron chi connectivity index (χ2n) is 6.06. The zero-order chi connectivity index (χ0) is 17.1. The molecule has 1 fully saturated rings. The quantitative estimate of drug-likeness (QED) is 0.755. The summed E-state index contributed by atoms with van der Waals surface area (Å²) in [4.78, 5) is 19.0. The largest absolute Gasteiger partial charge is 0.462 e. The van der Waals surface area contributed by atoms with Gasteiger partial charge in [0.05, 0.1) is 6.26 Å².